The number of hydrogen-bond acceptors (Lipinski definition) is 8. The van der Waals surface area contributed by atoms with Gasteiger partial charge in [-0.25, -0.2) is 9.97 Å². The Kier molecular flexibility index (Phi) is 7.02. The number of nitrogens with zero attached hydrogens (tertiary/aromatic N) is 6. The third-order valence-electron chi connectivity index (χ3n) is 8.38. The van der Waals surface area contributed by atoms with Gasteiger partial charge >= 0.3 is 0 Å². The third-order valence-corrected chi connectivity index (χ3v) is 8.38. The molecule has 0 radical (unpaired) electrons. The number of likely N-dealkylation sites (N-methyl/N-ethyl adjacent to an activating group) is 1. The maximum atomic E-state index is 12.7. The van der Waals surface area contributed by atoms with Crippen LogP contribution in [0.5, 0.6) is 5.75 Å². The fraction of sp³-hybridized carbons (Fsp3) is 0.400. The molecule has 3 aliphatic heterocycles. The summed E-state index contributed by atoms with van der Waals surface area (Å²) < 4.78 is 7.89. The van der Waals surface area contributed by atoms with Crippen molar-refractivity contribution in [3.05, 3.63) is 61.1 Å². The van der Waals surface area contributed by atoms with Crippen molar-refractivity contribution in [2.45, 2.75) is 44.2 Å². The predicted octanol–water partition coefficient (Wildman–Crippen LogP) is 4.39. The fourth-order valence-electron chi connectivity index (χ4n) is 6.16. The maximum absolute atomic E-state index is 12.7. The van der Waals surface area contributed by atoms with E-state index in [1.54, 1.807) is 25.5 Å². The number of likely N-dealkylation sites (tertiary alicyclic amines) is 1. The van der Waals surface area contributed by atoms with Gasteiger partial charge in [0.05, 0.1) is 41.6 Å². The zero-order chi connectivity index (χ0) is 27.7. The zero-order valence-corrected chi connectivity index (χ0v) is 23.2. The Bertz CT molecular complexity index is 1460. The van der Waals surface area contributed by atoms with Crippen molar-refractivity contribution in [1.29, 1.82) is 0 Å². The number of ether oxygens (including phenoxy) is 1. The Morgan fingerprint density at radius 2 is 2.05 bits per heavy atom. The van der Waals surface area contributed by atoms with Crippen molar-refractivity contribution >= 4 is 28.9 Å². The summed E-state index contributed by atoms with van der Waals surface area (Å²) in [4.78, 5) is 26.8. The van der Waals surface area contributed by atoms with E-state index >= 15 is 0 Å². The SMILES string of the molecule is C=C/C=C\C(=O)Nc1cc(Nc2nccc(-c3cnn4c3CCCC4)n2)c(OC)cc1N1CC2(CCCN2C)C1. The highest BCUT2D eigenvalue weighted by Gasteiger charge is 2.49. The molecular formula is C30H36N8O2. The highest BCUT2D eigenvalue weighted by atomic mass is 16.5. The van der Waals surface area contributed by atoms with E-state index in [1.165, 1.54) is 24.6 Å². The van der Waals surface area contributed by atoms with Crippen LogP contribution in [-0.4, -0.2) is 69.9 Å². The van der Waals surface area contributed by atoms with Gasteiger partial charge in [0.1, 0.15) is 5.75 Å². The average Bonchev–Trinajstić information content (AvgIpc) is 3.55. The molecule has 2 aromatic heterocycles. The number of methoxy groups -OCH3 is 1. The molecule has 10 nitrogen and oxygen atoms in total. The Morgan fingerprint density at radius 3 is 2.83 bits per heavy atom. The van der Waals surface area contributed by atoms with Gasteiger partial charge in [-0.2, -0.15) is 5.10 Å². The van der Waals surface area contributed by atoms with E-state index in [9.17, 15) is 4.79 Å². The first kappa shape index (κ1) is 26.1. The molecule has 208 valence electrons. The van der Waals surface area contributed by atoms with Crippen LogP contribution >= 0.6 is 0 Å². The van der Waals surface area contributed by atoms with Crippen molar-refractivity contribution < 1.29 is 9.53 Å². The second kappa shape index (κ2) is 10.8. The van der Waals surface area contributed by atoms with Crippen molar-refractivity contribution in [2.75, 3.05) is 49.3 Å². The Balaban J connectivity index is 1.31. The lowest BCUT2D eigenvalue weighted by molar-refractivity contribution is -0.111. The number of benzene rings is 1. The second-order valence-corrected chi connectivity index (χ2v) is 10.8. The van der Waals surface area contributed by atoms with E-state index in [0.29, 0.717) is 23.1 Å². The van der Waals surface area contributed by atoms with Gasteiger partial charge in [0.15, 0.2) is 0 Å². The number of fused-ring (bicyclic) bond motifs is 1. The van der Waals surface area contributed by atoms with Crippen LogP contribution in [0.1, 0.15) is 31.4 Å². The van der Waals surface area contributed by atoms with Crippen LogP contribution in [0.3, 0.4) is 0 Å². The minimum absolute atomic E-state index is 0.204. The number of aryl methyl sites for hydroxylation is 1. The summed E-state index contributed by atoms with van der Waals surface area (Å²) in [5.41, 5.74) is 5.57. The molecule has 5 heterocycles. The molecule has 2 fully saturated rings. The molecular weight excluding hydrogens is 504 g/mol. The summed E-state index contributed by atoms with van der Waals surface area (Å²) in [5, 5.41) is 10.9. The largest absolute Gasteiger partial charge is 0.494 e. The number of carbonyl (C=O) groups is 1. The smallest absolute Gasteiger partial charge is 0.248 e. The summed E-state index contributed by atoms with van der Waals surface area (Å²) in [6.45, 7) is 7.55. The maximum Gasteiger partial charge on any atom is 0.248 e. The van der Waals surface area contributed by atoms with Gasteiger partial charge in [-0.1, -0.05) is 18.7 Å². The average molecular weight is 541 g/mol. The van der Waals surface area contributed by atoms with E-state index in [1.807, 2.05) is 24.4 Å². The van der Waals surface area contributed by atoms with Crippen molar-refractivity contribution in [1.82, 2.24) is 24.6 Å². The molecule has 3 aromatic rings. The standard InChI is InChI=1S/C30H36N8O2/c1-4-5-10-28(39)33-23-16-24(27(40-3)17-26(23)37-19-30(20-37)12-8-14-36(30)2)35-29-31-13-11-22(34-29)21-18-32-38-15-7-6-9-25(21)38/h4-5,10-11,13,16-18H,1,6-9,12,14-15,19-20H2,2-3H3,(H,33,39)(H,31,34,35)/b10-5-. The first-order valence-electron chi connectivity index (χ1n) is 13.9. The van der Waals surface area contributed by atoms with Crippen LogP contribution < -0.4 is 20.3 Å². The van der Waals surface area contributed by atoms with Crippen LogP contribution in [0.25, 0.3) is 11.3 Å². The molecule has 0 unspecified atom stereocenters. The molecule has 0 aliphatic carbocycles. The number of nitrogens with one attached hydrogen (secondary N) is 2. The molecule has 1 amide bonds. The predicted molar refractivity (Wildman–Crippen MR) is 157 cm³/mol. The number of amides is 1. The van der Waals surface area contributed by atoms with Crippen LogP contribution in [0.2, 0.25) is 0 Å². The Morgan fingerprint density at radius 1 is 1.18 bits per heavy atom. The summed E-state index contributed by atoms with van der Waals surface area (Å²) in [6, 6.07) is 5.79. The summed E-state index contributed by atoms with van der Waals surface area (Å²) in [5.74, 6) is 0.862. The van der Waals surface area contributed by atoms with Gasteiger partial charge in [0, 0.05) is 49.2 Å². The molecule has 0 bridgehead atoms. The quantitative estimate of drug-likeness (QED) is 0.321. The highest BCUT2D eigenvalue weighted by Crippen LogP contribution is 2.45. The molecule has 3 aliphatic rings. The van der Waals surface area contributed by atoms with E-state index in [-0.39, 0.29) is 11.4 Å². The molecule has 40 heavy (non-hydrogen) atoms. The lowest BCUT2D eigenvalue weighted by Crippen LogP contribution is -2.67. The fourth-order valence-corrected chi connectivity index (χ4v) is 6.16. The van der Waals surface area contributed by atoms with Crippen molar-refractivity contribution in [3.63, 3.8) is 0 Å². The molecule has 1 spiro atoms. The van der Waals surface area contributed by atoms with Crippen LogP contribution in [-0.2, 0) is 17.8 Å². The number of allylic oxidation sites excluding steroid dienone is 2. The van der Waals surface area contributed by atoms with Gasteiger partial charge < -0.3 is 20.3 Å². The Labute approximate surface area is 234 Å². The summed E-state index contributed by atoms with van der Waals surface area (Å²) in [6.07, 6.45) is 14.0. The molecule has 0 saturated carbocycles. The Hall–Kier alpha value is -4.18. The lowest BCUT2D eigenvalue weighted by Gasteiger charge is -2.53. The topological polar surface area (TPSA) is 100 Å². The number of carbonyl (C=O) groups excluding carboxylic acids is 1. The number of hydrogen-bond donors (Lipinski definition) is 2. The van der Waals surface area contributed by atoms with E-state index < -0.39 is 0 Å². The highest BCUT2D eigenvalue weighted by molar-refractivity contribution is 6.02. The van der Waals surface area contributed by atoms with Gasteiger partial charge in [0.25, 0.3) is 0 Å². The monoisotopic (exact) mass is 540 g/mol. The van der Waals surface area contributed by atoms with Gasteiger partial charge in [-0.15, -0.1) is 0 Å². The summed E-state index contributed by atoms with van der Waals surface area (Å²) >= 11 is 0. The van der Waals surface area contributed by atoms with Crippen LogP contribution in [0.15, 0.2) is 55.4 Å². The molecule has 10 heteroatoms. The van der Waals surface area contributed by atoms with Crippen LogP contribution in [0, 0.1) is 0 Å². The normalized spacial score (nSPS) is 18.0. The minimum Gasteiger partial charge on any atom is -0.494 e. The zero-order valence-electron chi connectivity index (χ0n) is 23.2. The first-order chi connectivity index (χ1) is 19.5. The molecule has 1 aromatic carbocycles. The number of rotatable bonds is 8. The van der Waals surface area contributed by atoms with Gasteiger partial charge in [-0.05, 0) is 57.8 Å². The first-order valence-corrected chi connectivity index (χ1v) is 13.9. The minimum atomic E-state index is -0.227. The van der Waals surface area contributed by atoms with Crippen LogP contribution in [0.4, 0.5) is 23.0 Å². The molecule has 2 N–H and O–H groups in total. The second-order valence-electron chi connectivity index (χ2n) is 10.8. The molecule has 6 rings (SSSR count). The molecule has 0 atom stereocenters. The van der Waals surface area contributed by atoms with Gasteiger partial charge in [-0.3, -0.25) is 14.4 Å². The van der Waals surface area contributed by atoms with E-state index in [4.69, 9.17) is 9.72 Å². The van der Waals surface area contributed by atoms with E-state index in [0.717, 1.165) is 62.4 Å². The van der Waals surface area contributed by atoms with Gasteiger partial charge in [0.2, 0.25) is 11.9 Å². The van der Waals surface area contributed by atoms with Crippen molar-refractivity contribution in [3.8, 4) is 17.0 Å². The molecule has 2 saturated heterocycles. The van der Waals surface area contributed by atoms with E-state index in [2.05, 4.69) is 48.8 Å². The summed E-state index contributed by atoms with van der Waals surface area (Å²) in [7, 11) is 3.85. The lowest BCUT2D eigenvalue weighted by atomic mass is 9.86. The number of anilines is 4. The third kappa shape index (κ3) is 4.83. The van der Waals surface area contributed by atoms with Crippen molar-refractivity contribution in [2.24, 2.45) is 0 Å². The number of aromatic nitrogens is 4.